The number of nitrogens with zero attached hydrogens (tertiary/aromatic N) is 1. The van der Waals surface area contributed by atoms with Crippen molar-refractivity contribution >= 4 is 11.8 Å². The molecule has 2 heterocycles. The van der Waals surface area contributed by atoms with Gasteiger partial charge in [0.2, 0.25) is 11.8 Å². The zero-order valence-corrected chi connectivity index (χ0v) is 10.5. The van der Waals surface area contributed by atoms with Gasteiger partial charge in [-0.2, -0.15) is 0 Å². The van der Waals surface area contributed by atoms with Gasteiger partial charge in [-0.15, -0.1) is 0 Å². The van der Waals surface area contributed by atoms with E-state index in [9.17, 15) is 9.59 Å². The van der Waals surface area contributed by atoms with Crippen molar-refractivity contribution in [2.75, 3.05) is 20.1 Å². The standard InChI is InChI=1S/C12H21N3O2/c1-8-10(4-3-5-13-8)14-12(17)9-6-11(16)15(2)7-9/h8-10,13H,3-7H2,1-2H3,(H,14,17). The molecule has 0 aromatic heterocycles. The lowest BCUT2D eigenvalue weighted by Gasteiger charge is -2.31. The normalized spacial score (nSPS) is 33.9. The number of nitrogens with one attached hydrogen (secondary N) is 2. The summed E-state index contributed by atoms with van der Waals surface area (Å²) in [4.78, 5) is 25.0. The molecule has 0 aliphatic carbocycles. The maximum Gasteiger partial charge on any atom is 0.225 e. The third kappa shape index (κ3) is 2.77. The summed E-state index contributed by atoms with van der Waals surface area (Å²) in [6.45, 7) is 3.67. The highest BCUT2D eigenvalue weighted by Crippen LogP contribution is 2.17. The summed E-state index contributed by atoms with van der Waals surface area (Å²) >= 11 is 0. The molecule has 3 atom stereocenters. The number of likely N-dealkylation sites (tertiary alicyclic amines) is 1. The molecule has 0 spiro atoms. The maximum atomic E-state index is 12.0. The van der Waals surface area contributed by atoms with Crippen LogP contribution >= 0.6 is 0 Å². The molecule has 0 saturated carbocycles. The van der Waals surface area contributed by atoms with Crippen molar-refractivity contribution in [3.05, 3.63) is 0 Å². The number of amides is 2. The predicted octanol–water partition coefficient (Wildman–Crippen LogP) is -0.279. The topological polar surface area (TPSA) is 61.4 Å². The molecule has 96 valence electrons. The Labute approximate surface area is 102 Å². The first-order chi connectivity index (χ1) is 8.08. The van der Waals surface area contributed by atoms with Crippen molar-refractivity contribution < 1.29 is 9.59 Å². The van der Waals surface area contributed by atoms with Gasteiger partial charge in [0, 0.05) is 32.1 Å². The number of carbonyl (C=O) groups excluding carboxylic acids is 2. The third-order valence-corrected chi connectivity index (χ3v) is 3.80. The highest BCUT2D eigenvalue weighted by Gasteiger charge is 2.34. The van der Waals surface area contributed by atoms with Crippen LogP contribution in [0.25, 0.3) is 0 Å². The van der Waals surface area contributed by atoms with Crippen LogP contribution in [-0.4, -0.2) is 48.9 Å². The molecule has 5 heteroatoms. The van der Waals surface area contributed by atoms with Crippen molar-refractivity contribution in [2.24, 2.45) is 5.92 Å². The molecule has 2 amide bonds. The lowest BCUT2D eigenvalue weighted by Crippen LogP contribution is -2.53. The van der Waals surface area contributed by atoms with E-state index in [0.29, 0.717) is 19.0 Å². The lowest BCUT2D eigenvalue weighted by atomic mass is 9.98. The zero-order chi connectivity index (χ0) is 12.4. The van der Waals surface area contributed by atoms with Crippen LogP contribution in [0.5, 0.6) is 0 Å². The first kappa shape index (κ1) is 12.4. The SMILES string of the molecule is CC1NCCCC1NC(=O)C1CC(=O)N(C)C1. The highest BCUT2D eigenvalue weighted by molar-refractivity contribution is 5.89. The Morgan fingerprint density at radius 1 is 1.53 bits per heavy atom. The second kappa shape index (κ2) is 5.04. The van der Waals surface area contributed by atoms with Gasteiger partial charge in [0.15, 0.2) is 0 Å². The summed E-state index contributed by atoms with van der Waals surface area (Å²) in [7, 11) is 1.75. The molecule has 0 aromatic carbocycles. The van der Waals surface area contributed by atoms with E-state index in [1.54, 1.807) is 11.9 Å². The van der Waals surface area contributed by atoms with Crippen LogP contribution in [0.1, 0.15) is 26.2 Å². The van der Waals surface area contributed by atoms with E-state index < -0.39 is 0 Å². The fraction of sp³-hybridized carbons (Fsp3) is 0.833. The van der Waals surface area contributed by atoms with E-state index in [-0.39, 0.29) is 23.8 Å². The minimum absolute atomic E-state index is 0.0308. The number of carbonyl (C=O) groups is 2. The van der Waals surface area contributed by atoms with Crippen molar-refractivity contribution in [2.45, 2.75) is 38.3 Å². The van der Waals surface area contributed by atoms with Crippen LogP contribution < -0.4 is 10.6 Å². The van der Waals surface area contributed by atoms with Crippen LogP contribution in [-0.2, 0) is 9.59 Å². The summed E-state index contributed by atoms with van der Waals surface area (Å²) in [5.41, 5.74) is 0. The molecule has 2 saturated heterocycles. The Hall–Kier alpha value is -1.10. The minimum Gasteiger partial charge on any atom is -0.352 e. The molecular weight excluding hydrogens is 218 g/mol. The average Bonchev–Trinajstić information content (AvgIpc) is 2.63. The largest absolute Gasteiger partial charge is 0.352 e. The quantitative estimate of drug-likeness (QED) is 0.697. The van der Waals surface area contributed by atoms with Crippen molar-refractivity contribution in [1.82, 2.24) is 15.5 Å². The van der Waals surface area contributed by atoms with E-state index >= 15 is 0 Å². The van der Waals surface area contributed by atoms with Crippen molar-refractivity contribution in [3.63, 3.8) is 0 Å². The second-order valence-electron chi connectivity index (χ2n) is 5.18. The molecule has 3 unspecified atom stereocenters. The Morgan fingerprint density at radius 2 is 2.29 bits per heavy atom. The molecule has 2 fully saturated rings. The number of hydrogen-bond donors (Lipinski definition) is 2. The van der Waals surface area contributed by atoms with E-state index in [0.717, 1.165) is 19.4 Å². The Kier molecular flexibility index (Phi) is 3.66. The average molecular weight is 239 g/mol. The van der Waals surface area contributed by atoms with Crippen LogP contribution in [0.4, 0.5) is 0 Å². The summed E-state index contributed by atoms with van der Waals surface area (Å²) in [6.07, 6.45) is 2.48. The Bertz CT molecular complexity index is 319. The van der Waals surface area contributed by atoms with Crippen LogP contribution in [0.15, 0.2) is 0 Å². The van der Waals surface area contributed by atoms with Gasteiger partial charge in [-0.1, -0.05) is 0 Å². The molecule has 2 aliphatic rings. The van der Waals surface area contributed by atoms with Gasteiger partial charge < -0.3 is 15.5 Å². The van der Waals surface area contributed by atoms with Gasteiger partial charge in [-0.3, -0.25) is 9.59 Å². The third-order valence-electron chi connectivity index (χ3n) is 3.80. The Morgan fingerprint density at radius 3 is 2.88 bits per heavy atom. The van der Waals surface area contributed by atoms with Gasteiger partial charge >= 0.3 is 0 Å². The van der Waals surface area contributed by atoms with E-state index in [1.165, 1.54) is 0 Å². The summed E-state index contributed by atoms with van der Waals surface area (Å²) < 4.78 is 0. The molecule has 2 rings (SSSR count). The molecular formula is C12H21N3O2. The molecule has 0 radical (unpaired) electrons. The second-order valence-corrected chi connectivity index (χ2v) is 5.18. The number of rotatable bonds is 2. The number of piperidine rings is 1. The molecule has 5 nitrogen and oxygen atoms in total. The van der Waals surface area contributed by atoms with E-state index in [2.05, 4.69) is 17.6 Å². The first-order valence-corrected chi connectivity index (χ1v) is 6.35. The molecule has 0 aromatic rings. The fourth-order valence-corrected chi connectivity index (χ4v) is 2.58. The Balaban J connectivity index is 1.86. The smallest absolute Gasteiger partial charge is 0.225 e. The molecule has 0 bridgehead atoms. The van der Waals surface area contributed by atoms with E-state index in [1.807, 2.05) is 0 Å². The van der Waals surface area contributed by atoms with Gasteiger partial charge in [-0.05, 0) is 26.3 Å². The van der Waals surface area contributed by atoms with Gasteiger partial charge in [0.05, 0.1) is 5.92 Å². The van der Waals surface area contributed by atoms with Crippen LogP contribution in [0.2, 0.25) is 0 Å². The summed E-state index contributed by atoms with van der Waals surface area (Å²) in [5.74, 6) is -0.0650. The van der Waals surface area contributed by atoms with E-state index in [4.69, 9.17) is 0 Å². The van der Waals surface area contributed by atoms with Crippen LogP contribution in [0.3, 0.4) is 0 Å². The lowest BCUT2D eigenvalue weighted by molar-refractivity contribution is -0.128. The van der Waals surface area contributed by atoms with Gasteiger partial charge in [0.25, 0.3) is 0 Å². The van der Waals surface area contributed by atoms with Gasteiger partial charge in [0.1, 0.15) is 0 Å². The summed E-state index contributed by atoms with van der Waals surface area (Å²) in [5, 5.41) is 6.42. The highest BCUT2D eigenvalue weighted by atomic mass is 16.2. The van der Waals surface area contributed by atoms with Crippen molar-refractivity contribution in [3.8, 4) is 0 Å². The number of hydrogen-bond acceptors (Lipinski definition) is 3. The zero-order valence-electron chi connectivity index (χ0n) is 10.5. The van der Waals surface area contributed by atoms with Crippen LogP contribution in [0, 0.1) is 5.92 Å². The molecule has 2 N–H and O–H groups in total. The summed E-state index contributed by atoms with van der Waals surface area (Å²) in [6, 6.07) is 0.528. The first-order valence-electron chi connectivity index (χ1n) is 6.35. The predicted molar refractivity (Wildman–Crippen MR) is 64.4 cm³/mol. The van der Waals surface area contributed by atoms with Gasteiger partial charge in [-0.25, -0.2) is 0 Å². The molecule has 2 aliphatic heterocycles. The minimum atomic E-state index is -0.165. The molecule has 17 heavy (non-hydrogen) atoms. The van der Waals surface area contributed by atoms with Crippen molar-refractivity contribution in [1.29, 1.82) is 0 Å². The monoisotopic (exact) mass is 239 g/mol. The fourth-order valence-electron chi connectivity index (χ4n) is 2.58. The maximum absolute atomic E-state index is 12.0.